The van der Waals surface area contributed by atoms with E-state index in [1.54, 1.807) is 28.1 Å². The second kappa shape index (κ2) is 8.96. The molecule has 10 heteroatoms. The molecule has 0 saturated heterocycles. The lowest BCUT2D eigenvalue weighted by Gasteiger charge is -2.23. The standard InChI is InChI=1S/C18H20ClFN6O2/c1-12-10-26(11-21-12)18-23-16(22-15-8-13(19)2-3-14(15)20)9-17(24-18)25(4-6-27)5-7-28/h2-3,8-11,27-28H,4-7H2,1H3,(H,22,23,24). The van der Waals surface area contributed by atoms with Gasteiger partial charge in [0, 0.05) is 30.4 Å². The van der Waals surface area contributed by atoms with Gasteiger partial charge in [0.05, 0.1) is 24.6 Å². The zero-order chi connectivity index (χ0) is 20.1. The van der Waals surface area contributed by atoms with Gasteiger partial charge in [0.2, 0.25) is 5.95 Å². The van der Waals surface area contributed by atoms with Gasteiger partial charge in [-0.2, -0.15) is 9.97 Å². The van der Waals surface area contributed by atoms with Crippen LogP contribution in [0.1, 0.15) is 5.69 Å². The van der Waals surface area contributed by atoms with Crippen molar-refractivity contribution >= 4 is 28.9 Å². The number of benzene rings is 1. The number of hydrogen-bond acceptors (Lipinski definition) is 7. The molecule has 0 aliphatic carbocycles. The highest BCUT2D eigenvalue weighted by atomic mass is 35.5. The molecule has 2 aromatic heterocycles. The minimum Gasteiger partial charge on any atom is -0.395 e. The first-order chi connectivity index (χ1) is 13.5. The normalized spacial score (nSPS) is 10.9. The van der Waals surface area contributed by atoms with Gasteiger partial charge in [-0.1, -0.05) is 11.6 Å². The molecule has 3 N–H and O–H groups in total. The van der Waals surface area contributed by atoms with Crippen LogP contribution >= 0.6 is 11.6 Å². The van der Waals surface area contributed by atoms with Crippen molar-refractivity contribution in [2.75, 3.05) is 36.5 Å². The summed E-state index contributed by atoms with van der Waals surface area (Å²) >= 11 is 5.96. The first-order valence-corrected chi connectivity index (χ1v) is 8.96. The molecule has 0 aliphatic rings. The number of nitrogens with one attached hydrogen (secondary N) is 1. The average Bonchev–Trinajstić information content (AvgIpc) is 3.11. The Labute approximate surface area is 166 Å². The molecule has 0 aliphatic heterocycles. The lowest BCUT2D eigenvalue weighted by atomic mass is 10.3. The molecule has 3 aromatic rings. The molecule has 0 fully saturated rings. The van der Waals surface area contributed by atoms with E-state index in [4.69, 9.17) is 11.6 Å². The van der Waals surface area contributed by atoms with Gasteiger partial charge in [0.15, 0.2) is 0 Å². The van der Waals surface area contributed by atoms with Crippen LogP contribution in [0.25, 0.3) is 5.95 Å². The highest BCUT2D eigenvalue weighted by Crippen LogP contribution is 2.25. The number of hydrogen-bond donors (Lipinski definition) is 3. The van der Waals surface area contributed by atoms with E-state index >= 15 is 0 Å². The number of aryl methyl sites for hydroxylation is 1. The topological polar surface area (TPSA) is 99.3 Å². The lowest BCUT2D eigenvalue weighted by Crippen LogP contribution is -2.31. The minimum atomic E-state index is -0.479. The van der Waals surface area contributed by atoms with E-state index in [0.29, 0.717) is 22.6 Å². The summed E-state index contributed by atoms with van der Waals surface area (Å²) in [6.07, 6.45) is 3.33. The summed E-state index contributed by atoms with van der Waals surface area (Å²) in [6, 6.07) is 5.78. The molecular formula is C18H20ClFN6O2. The first-order valence-electron chi connectivity index (χ1n) is 8.59. The quantitative estimate of drug-likeness (QED) is 0.527. The van der Waals surface area contributed by atoms with Gasteiger partial charge in [0.1, 0.15) is 23.8 Å². The van der Waals surface area contributed by atoms with Crippen molar-refractivity contribution in [1.29, 1.82) is 0 Å². The van der Waals surface area contributed by atoms with E-state index in [1.165, 1.54) is 18.2 Å². The monoisotopic (exact) mass is 406 g/mol. The van der Waals surface area contributed by atoms with Gasteiger partial charge < -0.3 is 20.4 Å². The Morgan fingerprint density at radius 2 is 1.93 bits per heavy atom. The number of imidazole rings is 1. The maximum absolute atomic E-state index is 14.1. The molecular weight excluding hydrogens is 387 g/mol. The third-order valence-electron chi connectivity index (χ3n) is 3.90. The number of aliphatic hydroxyl groups excluding tert-OH is 2. The van der Waals surface area contributed by atoms with Gasteiger partial charge in [-0.05, 0) is 25.1 Å². The predicted octanol–water partition coefficient (Wildman–Crippen LogP) is 2.30. The van der Waals surface area contributed by atoms with Crippen LogP contribution in [0, 0.1) is 12.7 Å². The van der Waals surface area contributed by atoms with Crippen LogP contribution in [0.15, 0.2) is 36.8 Å². The molecule has 8 nitrogen and oxygen atoms in total. The van der Waals surface area contributed by atoms with Crippen LogP contribution < -0.4 is 10.2 Å². The largest absolute Gasteiger partial charge is 0.395 e. The van der Waals surface area contributed by atoms with Crippen molar-refractivity contribution in [2.24, 2.45) is 0 Å². The Hall–Kier alpha value is -2.75. The Morgan fingerprint density at radius 1 is 1.18 bits per heavy atom. The summed E-state index contributed by atoms with van der Waals surface area (Å²) in [6.45, 7) is 2.14. The summed E-state index contributed by atoms with van der Waals surface area (Å²) in [5.74, 6) is 0.619. The fraction of sp³-hybridized carbons (Fsp3) is 0.278. The Kier molecular flexibility index (Phi) is 6.40. The third kappa shape index (κ3) is 4.75. The SMILES string of the molecule is Cc1cn(-c2nc(Nc3cc(Cl)ccc3F)cc(N(CCO)CCO)n2)cn1. The van der Waals surface area contributed by atoms with E-state index in [0.717, 1.165) is 5.69 Å². The van der Waals surface area contributed by atoms with Crippen molar-refractivity contribution in [3.05, 3.63) is 53.3 Å². The molecule has 0 atom stereocenters. The molecule has 0 spiro atoms. The molecule has 2 heterocycles. The number of aromatic nitrogens is 4. The molecule has 0 radical (unpaired) electrons. The summed E-state index contributed by atoms with van der Waals surface area (Å²) in [4.78, 5) is 14.8. The molecule has 0 unspecified atom stereocenters. The molecule has 0 bridgehead atoms. The van der Waals surface area contributed by atoms with Crippen LogP contribution in [-0.4, -0.2) is 56.0 Å². The van der Waals surface area contributed by atoms with Crippen molar-refractivity contribution in [1.82, 2.24) is 19.5 Å². The van der Waals surface area contributed by atoms with Crippen LogP contribution in [0.4, 0.5) is 21.7 Å². The van der Waals surface area contributed by atoms with Crippen LogP contribution in [-0.2, 0) is 0 Å². The number of aliphatic hydroxyl groups is 2. The molecule has 0 saturated carbocycles. The first kappa shape index (κ1) is 20.0. The summed E-state index contributed by atoms with van der Waals surface area (Å²) in [5, 5.41) is 21.9. The molecule has 3 rings (SSSR count). The van der Waals surface area contributed by atoms with E-state index in [1.807, 2.05) is 6.92 Å². The van der Waals surface area contributed by atoms with Crippen LogP contribution in [0.3, 0.4) is 0 Å². The van der Waals surface area contributed by atoms with Gasteiger partial charge in [-0.25, -0.2) is 9.37 Å². The van der Waals surface area contributed by atoms with Crippen molar-refractivity contribution in [2.45, 2.75) is 6.92 Å². The molecule has 1 aromatic carbocycles. The van der Waals surface area contributed by atoms with E-state index in [-0.39, 0.29) is 32.0 Å². The average molecular weight is 407 g/mol. The Balaban J connectivity index is 2.04. The highest BCUT2D eigenvalue weighted by molar-refractivity contribution is 6.30. The van der Waals surface area contributed by atoms with Gasteiger partial charge in [-0.15, -0.1) is 0 Å². The van der Waals surface area contributed by atoms with E-state index < -0.39 is 5.82 Å². The van der Waals surface area contributed by atoms with Crippen LogP contribution in [0.5, 0.6) is 0 Å². The van der Waals surface area contributed by atoms with Gasteiger partial charge in [-0.3, -0.25) is 4.57 Å². The second-order valence-electron chi connectivity index (χ2n) is 6.02. The van der Waals surface area contributed by atoms with Crippen LogP contribution in [0.2, 0.25) is 5.02 Å². The summed E-state index contributed by atoms with van der Waals surface area (Å²) in [7, 11) is 0. The summed E-state index contributed by atoms with van der Waals surface area (Å²) < 4.78 is 15.8. The van der Waals surface area contributed by atoms with Crippen molar-refractivity contribution in [3.8, 4) is 5.95 Å². The summed E-state index contributed by atoms with van der Waals surface area (Å²) in [5.41, 5.74) is 0.952. The fourth-order valence-corrected chi connectivity index (χ4v) is 2.78. The zero-order valence-corrected chi connectivity index (χ0v) is 15.9. The van der Waals surface area contributed by atoms with Gasteiger partial charge >= 0.3 is 0 Å². The molecule has 148 valence electrons. The fourth-order valence-electron chi connectivity index (χ4n) is 2.61. The number of rotatable bonds is 8. The molecule has 0 amide bonds. The number of nitrogens with zero attached hydrogens (tertiary/aromatic N) is 5. The number of halogens is 2. The third-order valence-corrected chi connectivity index (χ3v) is 4.13. The van der Waals surface area contributed by atoms with Crippen molar-refractivity contribution < 1.29 is 14.6 Å². The van der Waals surface area contributed by atoms with E-state index in [2.05, 4.69) is 20.3 Å². The second-order valence-corrected chi connectivity index (χ2v) is 6.45. The smallest absolute Gasteiger partial charge is 0.238 e. The maximum Gasteiger partial charge on any atom is 0.238 e. The maximum atomic E-state index is 14.1. The minimum absolute atomic E-state index is 0.116. The predicted molar refractivity (Wildman–Crippen MR) is 105 cm³/mol. The highest BCUT2D eigenvalue weighted by Gasteiger charge is 2.14. The Bertz CT molecular complexity index is 946. The van der Waals surface area contributed by atoms with Gasteiger partial charge in [0.25, 0.3) is 0 Å². The number of anilines is 3. The Morgan fingerprint density at radius 3 is 2.57 bits per heavy atom. The van der Waals surface area contributed by atoms with E-state index in [9.17, 15) is 14.6 Å². The van der Waals surface area contributed by atoms with Crippen molar-refractivity contribution in [3.63, 3.8) is 0 Å². The lowest BCUT2D eigenvalue weighted by molar-refractivity contribution is 0.280. The zero-order valence-electron chi connectivity index (χ0n) is 15.2. The molecule has 28 heavy (non-hydrogen) atoms.